The van der Waals surface area contributed by atoms with Gasteiger partial charge in [-0.2, -0.15) is 0 Å². The summed E-state index contributed by atoms with van der Waals surface area (Å²) in [6.45, 7) is 2.37. The highest BCUT2D eigenvalue weighted by Gasteiger charge is 2.47. The fourth-order valence-electron chi connectivity index (χ4n) is 12.9. The minimum Gasteiger partial charge on any atom is -0.455 e. The molecule has 0 bridgehead atoms. The Labute approximate surface area is 417 Å². The molecule has 0 N–H and O–H groups in total. The maximum absolute atomic E-state index is 7.49. The summed E-state index contributed by atoms with van der Waals surface area (Å²) in [6.07, 6.45) is 0. The van der Waals surface area contributed by atoms with Crippen LogP contribution in [-0.4, -0.2) is 0 Å². The number of hydrogen-bond donors (Lipinski definition) is 0. The average molecular weight is 920 g/mol. The fourth-order valence-corrected chi connectivity index (χ4v) is 12.9. The van der Waals surface area contributed by atoms with Gasteiger partial charge in [-0.25, -0.2) is 0 Å². The molecule has 0 aliphatic heterocycles. The van der Waals surface area contributed by atoms with Crippen LogP contribution in [0.25, 0.3) is 77.3 Å². The third-order valence-corrected chi connectivity index (χ3v) is 16.0. The van der Waals surface area contributed by atoms with Crippen molar-refractivity contribution in [2.45, 2.75) is 17.8 Å². The van der Waals surface area contributed by atoms with Crippen molar-refractivity contribution in [3.8, 4) is 33.4 Å². The first-order valence-corrected chi connectivity index (χ1v) is 24.9. The molecular formula is C69H45NO2. The highest BCUT2D eigenvalue weighted by atomic mass is 16.3. The normalized spacial score (nSPS) is 13.8. The maximum atomic E-state index is 7.49. The molecule has 2 aliphatic carbocycles. The third kappa shape index (κ3) is 5.56. The van der Waals surface area contributed by atoms with Crippen molar-refractivity contribution in [3.05, 3.63) is 294 Å². The quantitative estimate of drug-likeness (QED) is 0.160. The Morgan fingerprint density at radius 3 is 1.50 bits per heavy atom. The smallest absolute Gasteiger partial charge is 0.159 e. The molecule has 2 heterocycles. The van der Waals surface area contributed by atoms with Crippen molar-refractivity contribution in [1.29, 1.82) is 0 Å². The monoisotopic (exact) mass is 919 g/mol. The van der Waals surface area contributed by atoms with Crippen LogP contribution in [-0.2, 0) is 10.8 Å². The Bertz CT molecular complexity index is 4210. The number of para-hydroxylation sites is 4. The second-order valence-electron chi connectivity index (χ2n) is 19.6. The van der Waals surface area contributed by atoms with E-state index in [9.17, 15) is 0 Å². The lowest BCUT2D eigenvalue weighted by Crippen LogP contribution is -2.28. The lowest BCUT2D eigenvalue weighted by Gasteiger charge is -2.35. The van der Waals surface area contributed by atoms with E-state index in [1.54, 1.807) is 0 Å². The van der Waals surface area contributed by atoms with Crippen LogP contribution < -0.4 is 4.90 Å². The lowest BCUT2D eigenvalue weighted by molar-refractivity contribution is 0.638. The molecule has 3 heteroatoms. The molecule has 13 aromatic rings. The highest BCUT2D eigenvalue weighted by molar-refractivity contribution is 6.12. The molecule has 0 unspecified atom stereocenters. The first-order chi connectivity index (χ1) is 35.6. The summed E-state index contributed by atoms with van der Waals surface area (Å²) in [7, 11) is 0. The van der Waals surface area contributed by atoms with Crippen LogP contribution in [0.15, 0.2) is 264 Å². The SMILES string of the molecule is CC1(c2cccc3c2oc2c(N(c4ccc(-c5cccc6c5oc5ccccc56)cc4)c4ccc5c(c4)C(c4ccccc4)(c4ccccc4)c4ccccc4-5)cccc23)c2ccccc2-c2ccccc21. The van der Waals surface area contributed by atoms with E-state index < -0.39 is 10.8 Å². The van der Waals surface area contributed by atoms with E-state index in [1.165, 1.54) is 55.6 Å². The van der Waals surface area contributed by atoms with Gasteiger partial charge in [-0.1, -0.05) is 218 Å². The van der Waals surface area contributed by atoms with Crippen LogP contribution in [0.2, 0.25) is 0 Å². The number of hydrogen-bond acceptors (Lipinski definition) is 3. The van der Waals surface area contributed by atoms with Gasteiger partial charge in [-0.15, -0.1) is 0 Å². The summed E-state index contributed by atoms with van der Waals surface area (Å²) in [6, 6.07) is 92.9. The van der Waals surface area contributed by atoms with Crippen LogP contribution in [0.5, 0.6) is 0 Å². The minimum atomic E-state index is -0.575. The summed E-state index contributed by atoms with van der Waals surface area (Å²) in [4.78, 5) is 2.40. The van der Waals surface area contributed by atoms with Gasteiger partial charge >= 0.3 is 0 Å². The van der Waals surface area contributed by atoms with Crippen molar-refractivity contribution in [1.82, 2.24) is 0 Å². The van der Waals surface area contributed by atoms with Crippen molar-refractivity contribution in [3.63, 3.8) is 0 Å². The van der Waals surface area contributed by atoms with Crippen molar-refractivity contribution in [2.75, 3.05) is 4.90 Å². The average Bonchev–Trinajstić information content (AvgIpc) is 4.18. The molecule has 11 aromatic carbocycles. The number of nitrogens with zero attached hydrogens (tertiary/aromatic N) is 1. The molecule has 2 aromatic heterocycles. The Morgan fingerprint density at radius 1 is 0.319 bits per heavy atom. The molecule has 2 aliphatic rings. The maximum Gasteiger partial charge on any atom is 0.159 e. The summed E-state index contributed by atoms with van der Waals surface area (Å²) in [5, 5.41) is 4.40. The zero-order valence-corrected chi connectivity index (χ0v) is 39.5. The van der Waals surface area contributed by atoms with E-state index in [4.69, 9.17) is 8.83 Å². The van der Waals surface area contributed by atoms with Gasteiger partial charge in [0.05, 0.1) is 11.1 Å². The predicted molar refractivity (Wildman–Crippen MR) is 296 cm³/mol. The van der Waals surface area contributed by atoms with Crippen LogP contribution >= 0.6 is 0 Å². The van der Waals surface area contributed by atoms with Crippen LogP contribution in [0.1, 0.15) is 45.9 Å². The van der Waals surface area contributed by atoms with Gasteiger partial charge < -0.3 is 13.7 Å². The summed E-state index contributed by atoms with van der Waals surface area (Å²) in [5.74, 6) is 0. The van der Waals surface area contributed by atoms with Gasteiger partial charge in [-0.05, 0) is 105 Å². The predicted octanol–water partition coefficient (Wildman–Crippen LogP) is 18.3. The zero-order chi connectivity index (χ0) is 47.5. The lowest BCUT2D eigenvalue weighted by atomic mass is 9.67. The molecular weight excluding hydrogens is 875 g/mol. The molecule has 0 fully saturated rings. The molecule has 72 heavy (non-hydrogen) atoms. The number of furan rings is 2. The summed E-state index contributed by atoms with van der Waals surface area (Å²) in [5.41, 5.74) is 21.4. The summed E-state index contributed by atoms with van der Waals surface area (Å²) >= 11 is 0. The topological polar surface area (TPSA) is 29.5 Å². The van der Waals surface area contributed by atoms with Gasteiger partial charge in [0.15, 0.2) is 5.58 Å². The van der Waals surface area contributed by atoms with E-state index in [0.29, 0.717) is 0 Å². The molecule has 3 nitrogen and oxygen atoms in total. The Kier molecular flexibility index (Phi) is 8.71. The van der Waals surface area contributed by atoms with Crippen LogP contribution in [0.4, 0.5) is 17.1 Å². The Morgan fingerprint density at radius 2 is 0.806 bits per heavy atom. The van der Waals surface area contributed by atoms with E-state index >= 15 is 0 Å². The van der Waals surface area contributed by atoms with Crippen molar-refractivity contribution >= 4 is 60.9 Å². The zero-order valence-electron chi connectivity index (χ0n) is 39.5. The molecule has 0 saturated heterocycles. The van der Waals surface area contributed by atoms with E-state index in [1.807, 2.05) is 12.1 Å². The first-order valence-electron chi connectivity index (χ1n) is 24.9. The second kappa shape index (κ2) is 15.4. The van der Waals surface area contributed by atoms with Gasteiger partial charge in [0.1, 0.15) is 16.7 Å². The van der Waals surface area contributed by atoms with Crippen LogP contribution in [0.3, 0.4) is 0 Å². The standard InChI is InChI=1S/C69H45NO2/c1-68(58-31-12-8-23-50(58)51-24-9-13-32-59(51)68)61-34-17-29-56-57-30-18-35-63(67(57)72-66(56)61)70(47-39-37-44(38-40-47)49-27-16-28-55-54-26-11-15-36-64(54)71-65(49)55)48-41-42-53-52-25-10-14-33-60(52)69(62(53)43-48,45-19-4-2-5-20-45)46-21-6-3-7-22-46/h2-43H,1H3. The van der Waals surface area contributed by atoms with E-state index in [2.05, 4.69) is 254 Å². The molecule has 0 radical (unpaired) electrons. The molecule has 15 rings (SSSR count). The molecule has 0 amide bonds. The fraction of sp³-hybridized carbons (Fsp3) is 0.0435. The largest absolute Gasteiger partial charge is 0.455 e. The third-order valence-electron chi connectivity index (χ3n) is 16.0. The van der Waals surface area contributed by atoms with Crippen LogP contribution in [0, 0.1) is 0 Å². The number of fused-ring (bicyclic) bond motifs is 12. The Hall–Kier alpha value is -9.18. The summed E-state index contributed by atoms with van der Waals surface area (Å²) < 4.78 is 14.0. The highest BCUT2D eigenvalue weighted by Crippen LogP contribution is 2.58. The molecule has 0 saturated carbocycles. The second-order valence-corrected chi connectivity index (χ2v) is 19.6. The van der Waals surface area contributed by atoms with Gasteiger partial charge in [0.2, 0.25) is 0 Å². The Balaban J connectivity index is 0.974. The van der Waals surface area contributed by atoms with E-state index in [0.717, 1.165) is 77.6 Å². The van der Waals surface area contributed by atoms with Gasteiger partial charge in [0.25, 0.3) is 0 Å². The van der Waals surface area contributed by atoms with Gasteiger partial charge in [-0.3, -0.25) is 0 Å². The number of rotatable bonds is 7. The van der Waals surface area contributed by atoms with Crippen molar-refractivity contribution < 1.29 is 8.83 Å². The minimum absolute atomic E-state index is 0.438. The molecule has 0 atom stereocenters. The number of anilines is 3. The van der Waals surface area contributed by atoms with E-state index in [-0.39, 0.29) is 0 Å². The number of benzene rings is 11. The molecule has 0 spiro atoms. The first kappa shape index (κ1) is 40.7. The van der Waals surface area contributed by atoms with Crippen molar-refractivity contribution in [2.24, 2.45) is 0 Å². The molecule has 338 valence electrons. The van der Waals surface area contributed by atoms with Gasteiger partial charge in [0, 0.05) is 49.5 Å².